The summed E-state index contributed by atoms with van der Waals surface area (Å²) in [7, 11) is -3.74. The second-order valence-corrected chi connectivity index (χ2v) is 14.3. The minimum absolute atomic E-state index is 0.000563. The second-order valence-electron chi connectivity index (χ2n) is 11.7. The highest BCUT2D eigenvalue weighted by Gasteiger charge is 2.45. The first-order valence-corrected chi connectivity index (χ1v) is 17.4. The zero-order valence-corrected chi connectivity index (χ0v) is 28.6. The van der Waals surface area contributed by atoms with E-state index in [0.717, 1.165) is 18.4 Å². The van der Waals surface area contributed by atoms with Crippen LogP contribution >= 0.6 is 11.6 Å². The van der Waals surface area contributed by atoms with E-state index < -0.39 is 51.4 Å². The van der Waals surface area contributed by atoms with Crippen LogP contribution in [0.15, 0.2) is 48.5 Å². The maximum Gasteiger partial charge on any atom is 0.422 e. The highest BCUT2D eigenvalue weighted by molar-refractivity contribution is 7.90. The Hall–Kier alpha value is -4.71. The molecule has 1 aliphatic rings. The van der Waals surface area contributed by atoms with E-state index in [0.29, 0.717) is 22.7 Å². The largest absolute Gasteiger partial charge is 0.454 e. The van der Waals surface area contributed by atoms with Crippen molar-refractivity contribution in [1.29, 1.82) is 0 Å². The first-order valence-electron chi connectivity index (χ1n) is 15.5. The molecule has 0 radical (unpaired) electrons. The smallest absolute Gasteiger partial charge is 0.422 e. The van der Waals surface area contributed by atoms with Crippen molar-refractivity contribution in [2.75, 3.05) is 30.3 Å². The van der Waals surface area contributed by atoms with Gasteiger partial charge >= 0.3 is 12.2 Å². The Kier molecular flexibility index (Phi) is 12.4. The molecule has 50 heavy (non-hydrogen) atoms. The maximum atomic E-state index is 12.9. The molecule has 19 heteroatoms. The average molecular weight is 741 g/mol. The Labute approximate surface area is 291 Å². The van der Waals surface area contributed by atoms with Gasteiger partial charge in [0.05, 0.1) is 10.8 Å². The van der Waals surface area contributed by atoms with E-state index in [1.54, 1.807) is 24.3 Å². The molecule has 0 saturated heterocycles. The van der Waals surface area contributed by atoms with Gasteiger partial charge in [-0.1, -0.05) is 23.7 Å². The summed E-state index contributed by atoms with van der Waals surface area (Å²) >= 11 is 6.01. The lowest BCUT2D eigenvalue weighted by Gasteiger charge is -2.19. The molecule has 1 aliphatic carbocycles. The summed E-state index contributed by atoms with van der Waals surface area (Å²) in [4.78, 5) is 48.7. The summed E-state index contributed by atoms with van der Waals surface area (Å²) in [6, 6.07) is 12.7. The molecule has 270 valence electrons. The predicted octanol–water partition coefficient (Wildman–Crippen LogP) is 4.18. The molecule has 5 N–H and O–H groups in total. The zero-order valence-electron chi connectivity index (χ0n) is 27.1. The number of sulfonamides is 1. The first kappa shape index (κ1) is 38.1. The van der Waals surface area contributed by atoms with Crippen LogP contribution in [0.4, 0.5) is 30.8 Å². The minimum atomic E-state index is -4.61. The predicted molar refractivity (Wildman–Crippen MR) is 178 cm³/mol. The zero-order chi connectivity index (χ0) is 36.5. The summed E-state index contributed by atoms with van der Waals surface area (Å²) in [5.41, 5.74) is 1.10. The molecule has 4 rings (SSSR count). The molecule has 0 spiro atoms. The van der Waals surface area contributed by atoms with Crippen molar-refractivity contribution in [3.05, 3.63) is 64.7 Å². The molecule has 1 fully saturated rings. The summed E-state index contributed by atoms with van der Waals surface area (Å²) in [5, 5.41) is 11.1. The molecular formula is C31H36ClF3N8O6S. The third-order valence-electron chi connectivity index (χ3n) is 7.30. The first-order chi connectivity index (χ1) is 23.5. The van der Waals surface area contributed by atoms with Crippen molar-refractivity contribution >= 4 is 56.9 Å². The highest BCUT2D eigenvalue weighted by Crippen LogP contribution is 2.48. The Morgan fingerprint density at radius 3 is 2.18 bits per heavy atom. The van der Waals surface area contributed by atoms with E-state index >= 15 is 0 Å². The highest BCUT2D eigenvalue weighted by atomic mass is 35.5. The molecule has 0 unspecified atom stereocenters. The van der Waals surface area contributed by atoms with Crippen LogP contribution in [0.1, 0.15) is 61.9 Å². The number of anilines is 3. The van der Waals surface area contributed by atoms with E-state index in [1.807, 2.05) is 16.9 Å². The van der Waals surface area contributed by atoms with Crippen LogP contribution in [0.2, 0.25) is 5.02 Å². The number of benzene rings is 2. The van der Waals surface area contributed by atoms with Gasteiger partial charge in [0.15, 0.2) is 6.61 Å². The van der Waals surface area contributed by atoms with Gasteiger partial charge in [-0.25, -0.2) is 8.42 Å². The van der Waals surface area contributed by atoms with Gasteiger partial charge in [-0.3, -0.25) is 19.1 Å². The summed E-state index contributed by atoms with van der Waals surface area (Å²) < 4.78 is 68.8. The van der Waals surface area contributed by atoms with Gasteiger partial charge in [0.25, 0.3) is 5.91 Å². The van der Waals surface area contributed by atoms with Gasteiger partial charge in [-0.05, 0) is 75.1 Å². The number of aromatic nitrogens is 3. The fourth-order valence-electron chi connectivity index (χ4n) is 4.39. The van der Waals surface area contributed by atoms with E-state index in [1.165, 1.54) is 26.0 Å². The number of hydrogen-bond donors (Lipinski definition) is 5. The van der Waals surface area contributed by atoms with Gasteiger partial charge < -0.3 is 26.0 Å². The number of amides is 3. The number of carbonyl (C=O) groups excluding carboxylic acids is 3. The van der Waals surface area contributed by atoms with Gasteiger partial charge in [-0.2, -0.15) is 28.1 Å². The second kappa shape index (κ2) is 16.3. The number of ether oxygens (including phenoxy) is 1. The fourth-order valence-corrected chi connectivity index (χ4v) is 5.17. The summed E-state index contributed by atoms with van der Waals surface area (Å²) in [6.07, 6.45) is -2.99. The number of halogens is 4. The SMILES string of the molecule is CC(C)S(=O)(=O)NC(=O)CCNC(=O)CCCNC(=O)c1ccc(Nc2nc(NC3(c4ccc(Cl)cc4)CC3)nc(OCC(F)(F)F)n2)cc1. The van der Waals surface area contributed by atoms with Crippen molar-refractivity contribution in [2.24, 2.45) is 0 Å². The monoisotopic (exact) mass is 740 g/mol. The molecular weight excluding hydrogens is 705 g/mol. The third kappa shape index (κ3) is 11.7. The van der Waals surface area contributed by atoms with Crippen LogP contribution in [-0.4, -0.2) is 72.2 Å². The van der Waals surface area contributed by atoms with Crippen LogP contribution in [0.3, 0.4) is 0 Å². The van der Waals surface area contributed by atoms with E-state index in [4.69, 9.17) is 16.3 Å². The quantitative estimate of drug-likeness (QED) is 0.125. The van der Waals surface area contributed by atoms with Gasteiger partial charge in [0.1, 0.15) is 0 Å². The standard InChI is InChI=1S/C31H36ClF3N8O6S/c1-19(2)50(47,48)43-25(45)13-17-36-24(44)4-3-16-37-26(46)20-5-11-23(12-6-20)38-27-39-28(41-29(40-27)49-18-31(33,34)35)42-30(14-15-30)21-7-9-22(32)10-8-21/h5-12,19H,3-4,13-18H2,1-2H3,(H,36,44)(H,37,46)(H,43,45)(H2,38,39,40,41,42). The van der Waals surface area contributed by atoms with Crippen molar-refractivity contribution < 1.29 is 40.7 Å². The number of nitrogens with one attached hydrogen (secondary N) is 5. The lowest BCUT2D eigenvalue weighted by molar-refractivity contribution is -0.154. The Balaban J connectivity index is 1.28. The summed E-state index contributed by atoms with van der Waals surface area (Å²) in [6.45, 7) is 1.41. The molecule has 0 atom stereocenters. The van der Waals surface area contributed by atoms with Crippen molar-refractivity contribution in [3.63, 3.8) is 0 Å². The van der Waals surface area contributed by atoms with E-state index in [9.17, 15) is 36.0 Å². The topological polar surface area (TPSA) is 193 Å². The molecule has 1 heterocycles. The molecule has 0 bridgehead atoms. The van der Waals surface area contributed by atoms with Gasteiger partial charge in [-0.15, -0.1) is 0 Å². The Morgan fingerprint density at radius 2 is 1.56 bits per heavy atom. The maximum absolute atomic E-state index is 12.9. The average Bonchev–Trinajstić information content (AvgIpc) is 3.82. The van der Waals surface area contributed by atoms with Gasteiger partial charge in [0, 0.05) is 42.2 Å². The van der Waals surface area contributed by atoms with Crippen LogP contribution < -0.4 is 30.7 Å². The van der Waals surface area contributed by atoms with Crippen LogP contribution in [-0.2, 0) is 25.2 Å². The van der Waals surface area contributed by atoms with Crippen LogP contribution in [0, 0.1) is 0 Å². The van der Waals surface area contributed by atoms with Crippen molar-refractivity contribution in [1.82, 2.24) is 30.3 Å². The number of rotatable bonds is 17. The Bertz CT molecular complexity index is 1770. The molecule has 1 saturated carbocycles. The number of alkyl halides is 3. The molecule has 3 amide bonds. The number of carbonyl (C=O) groups is 3. The molecule has 3 aromatic rings. The molecule has 14 nitrogen and oxygen atoms in total. The molecule has 1 aromatic heterocycles. The molecule has 2 aromatic carbocycles. The third-order valence-corrected chi connectivity index (χ3v) is 9.30. The number of hydrogen-bond acceptors (Lipinski definition) is 11. The van der Waals surface area contributed by atoms with Gasteiger partial charge in [0.2, 0.25) is 33.7 Å². The fraction of sp³-hybridized carbons (Fsp3) is 0.419. The lowest BCUT2D eigenvalue weighted by Crippen LogP contribution is -2.37. The van der Waals surface area contributed by atoms with E-state index in [2.05, 4.69) is 36.2 Å². The van der Waals surface area contributed by atoms with Crippen molar-refractivity contribution in [3.8, 4) is 6.01 Å². The van der Waals surface area contributed by atoms with Crippen LogP contribution in [0.5, 0.6) is 6.01 Å². The molecule has 0 aliphatic heterocycles. The lowest BCUT2D eigenvalue weighted by atomic mass is 10.1. The summed E-state index contributed by atoms with van der Waals surface area (Å²) in [5.74, 6) is -1.59. The number of nitrogens with zero attached hydrogens (tertiary/aromatic N) is 3. The minimum Gasteiger partial charge on any atom is -0.454 e. The Morgan fingerprint density at radius 1 is 0.900 bits per heavy atom. The van der Waals surface area contributed by atoms with E-state index in [-0.39, 0.29) is 43.7 Å². The van der Waals surface area contributed by atoms with Crippen molar-refractivity contribution in [2.45, 2.75) is 62.9 Å². The van der Waals surface area contributed by atoms with Crippen LogP contribution in [0.25, 0.3) is 0 Å². The normalized spacial score (nSPS) is 13.7.